The average Bonchev–Trinajstić information content (AvgIpc) is 3.08. The fourth-order valence-corrected chi connectivity index (χ4v) is 2.83. The van der Waals surface area contributed by atoms with Crippen molar-refractivity contribution in [1.29, 1.82) is 0 Å². The Labute approximate surface area is 152 Å². The minimum atomic E-state index is -0.325. The molecule has 1 aliphatic heterocycles. The van der Waals surface area contributed by atoms with Crippen LogP contribution in [0.5, 0.6) is 5.75 Å². The third-order valence-corrected chi connectivity index (χ3v) is 4.19. The van der Waals surface area contributed by atoms with E-state index >= 15 is 0 Å². The van der Waals surface area contributed by atoms with E-state index in [4.69, 9.17) is 4.74 Å². The first-order valence-corrected chi connectivity index (χ1v) is 8.55. The largest absolute Gasteiger partial charge is 0.495 e. The number of nitrogens with one attached hydrogen (secondary N) is 1. The van der Waals surface area contributed by atoms with Crippen LogP contribution >= 0.6 is 0 Å². The van der Waals surface area contributed by atoms with Crippen LogP contribution in [0.2, 0.25) is 0 Å². The number of amides is 2. The molecule has 7 heteroatoms. The Bertz CT molecular complexity index is 841. The Balaban J connectivity index is 1.70. The molecule has 7 nitrogen and oxygen atoms in total. The highest BCUT2D eigenvalue weighted by Crippen LogP contribution is 2.25. The van der Waals surface area contributed by atoms with Crippen LogP contribution in [0, 0.1) is 6.92 Å². The number of ether oxygens (including phenoxy) is 1. The molecular formula is C19H22N4O3. The van der Waals surface area contributed by atoms with E-state index in [0.717, 1.165) is 29.8 Å². The van der Waals surface area contributed by atoms with Crippen molar-refractivity contribution in [2.45, 2.75) is 26.2 Å². The number of aryl methyl sites for hydroxylation is 1. The summed E-state index contributed by atoms with van der Waals surface area (Å²) in [4.78, 5) is 28.0. The van der Waals surface area contributed by atoms with Crippen molar-refractivity contribution < 1.29 is 14.3 Å². The Morgan fingerprint density at radius 3 is 2.88 bits per heavy atom. The van der Waals surface area contributed by atoms with Gasteiger partial charge in [-0.1, -0.05) is 6.07 Å². The standard InChI is InChI=1S/C19H22N4O3/c1-14-12-22(13-20-14)16-8-6-15(11-17(16)26-2)7-9-18(24)21-23-10-4-3-5-19(23)25/h6-9,11-13H,3-5,10H2,1-2H3,(H,21,24)/b9-7+. The molecule has 0 atom stereocenters. The van der Waals surface area contributed by atoms with Crippen LogP contribution in [0.25, 0.3) is 11.8 Å². The Kier molecular flexibility index (Phi) is 5.36. The van der Waals surface area contributed by atoms with Gasteiger partial charge in [0.15, 0.2) is 0 Å². The molecule has 1 saturated heterocycles. The summed E-state index contributed by atoms with van der Waals surface area (Å²) >= 11 is 0. The number of imidazole rings is 1. The smallest absolute Gasteiger partial charge is 0.262 e. The molecule has 0 saturated carbocycles. The van der Waals surface area contributed by atoms with Gasteiger partial charge in [0.25, 0.3) is 5.91 Å². The van der Waals surface area contributed by atoms with E-state index in [1.165, 1.54) is 11.1 Å². The number of aromatic nitrogens is 2. The first kappa shape index (κ1) is 17.7. The molecule has 3 rings (SSSR count). The van der Waals surface area contributed by atoms with E-state index in [2.05, 4.69) is 10.4 Å². The number of piperidine rings is 1. The number of rotatable bonds is 5. The predicted molar refractivity (Wildman–Crippen MR) is 97.6 cm³/mol. The minimum absolute atomic E-state index is 0.0420. The molecule has 0 bridgehead atoms. The van der Waals surface area contributed by atoms with Crippen LogP contribution < -0.4 is 10.2 Å². The predicted octanol–water partition coefficient (Wildman–Crippen LogP) is 2.25. The van der Waals surface area contributed by atoms with E-state index in [9.17, 15) is 9.59 Å². The van der Waals surface area contributed by atoms with Gasteiger partial charge in [0.2, 0.25) is 5.91 Å². The van der Waals surface area contributed by atoms with E-state index in [0.29, 0.717) is 18.7 Å². The summed E-state index contributed by atoms with van der Waals surface area (Å²) in [5.74, 6) is 0.310. The summed E-state index contributed by atoms with van der Waals surface area (Å²) in [7, 11) is 1.60. The maximum atomic E-state index is 12.0. The van der Waals surface area contributed by atoms with Gasteiger partial charge in [-0.2, -0.15) is 0 Å². The number of nitrogens with zero attached hydrogens (tertiary/aromatic N) is 3. The first-order valence-electron chi connectivity index (χ1n) is 8.55. The fourth-order valence-electron chi connectivity index (χ4n) is 2.83. The van der Waals surface area contributed by atoms with Gasteiger partial charge in [0.05, 0.1) is 24.8 Å². The lowest BCUT2D eigenvalue weighted by Gasteiger charge is -2.26. The molecule has 1 aromatic carbocycles. The number of hydrazine groups is 1. The quantitative estimate of drug-likeness (QED) is 0.836. The highest BCUT2D eigenvalue weighted by Gasteiger charge is 2.18. The second-order valence-electron chi connectivity index (χ2n) is 6.17. The van der Waals surface area contributed by atoms with Gasteiger partial charge >= 0.3 is 0 Å². The van der Waals surface area contributed by atoms with Crippen molar-refractivity contribution >= 4 is 17.9 Å². The van der Waals surface area contributed by atoms with Crippen LogP contribution in [0.15, 0.2) is 36.8 Å². The first-order chi connectivity index (χ1) is 12.6. The van der Waals surface area contributed by atoms with Crippen molar-refractivity contribution in [3.63, 3.8) is 0 Å². The van der Waals surface area contributed by atoms with Gasteiger partial charge in [-0.3, -0.25) is 20.0 Å². The van der Waals surface area contributed by atoms with Crippen LogP contribution in [0.4, 0.5) is 0 Å². The maximum absolute atomic E-state index is 12.0. The lowest BCUT2D eigenvalue weighted by atomic mass is 10.1. The van der Waals surface area contributed by atoms with Gasteiger partial charge in [-0.05, 0) is 43.5 Å². The number of methoxy groups -OCH3 is 1. The van der Waals surface area contributed by atoms with Crippen molar-refractivity contribution in [3.8, 4) is 11.4 Å². The molecule has 1 fully saturated rings. The number of hydrogen-bond donors (Lipinski definition) is 1. The van der Waals surface area contributed by atoms with Gasteiger partial charge in [-0.15, -0.1) is 0 Å². The summed E-state index contributed by atoms with van der Waals surface area (Å²) < 4.78 is 7.34. The van der Waals surface area contributed by atoms with Gasteiger partial charge in [-0.25, -0.2) is 4.98 Å². The number of carbonyl (C=O) groups excluding carboxylic acids is 2. The van der Waals surface area contributed by atoms with Crippen molar-refractivity contribution in [2.24, 2.45) is 0 Å². The number of carbonyl (C=O) groups is 2. The summed E-state index contributed by atoms with van der Waals surface area (Å²) in [6, 6.07) is 5.65. The summed E-state index contributed by atoms with van der Waals surface area (Å²) in [6.45, 7) is 2.48. The maximum Gasteiger partial charge on any atom is 0.262 e. The number of hydrogen-bond acceptors (Lipinski definition) is 4. The molecule has 2 amide bonds. The molecule has 1 N–H and O–H groups in total. The Morgan fingerprint density at radius 2 is 2.19 bits per heavy atom. The molecule has 2 aromatic rings. The van der Waals surface area contributed by atoms with E-state index in [-0.39, 0.29) is 11.8 Å². The zero-order valence-electron chi connectivity index (χ0n) is 14.9. The molecule has 0 unspecified atom stereocenters. The monoisotopic (exact) mass is 354 g/mol. The van der Waals surface area contributed by atoms with Gasteiger partial charge in [0, 0.05) is 25.2 Å². The molecule has 0 radical (unpaired) electrons. The van der Waals surface area contributed by atoms with E-state index < -0.39 is 0 Å². The third-order valence-electron chi connectivity index (χ3n) is 4.19. The lowest BCUT2D eigenvalue weighted by Crippen LogP contribution is -2.47. The van der Waals surface area contributed by atoms with Gasteiger partial charge in [0.1, 0.15) is 5.75 Å². The fraction of sp³-hybridized carbons (Fsp3) is 0.316. The van der Waals surface area contributed by atoms with Crippen molar-refractivity contribution in [3.05, 3.63) is 48.1 Å². The lowest BCUT2D eigenvalue weighted by molar-refractivity contribution is -0.141. The van der Waals surface area contributed by atoms with Crippen LogP contribution in [0.1, 0.15) is 30.5 Å². The van der Waals surface area contributed by atoms with Crippen LogP contribution in [-0.2, 0) is 9.59 Å². The Hall–Kier alpha value is -3.09. The SMILES string of the molecule is COc1cc(/C=C/C(=O)NN2CCCCC2=O)ccc1-n1cnc(C)c1. The molecule has 1 aliphatic rings. The van der Waals surface area contributed by atoms with Gasteiger partial charge < -0.3 is 9.30 Å². The molecule has 0 aliphatic carbocycles. The topological polar surface area (TPSA) is 76.5 Å². The molecule has 0 spiro atoms. The molecular weight excluding hydrogens is 332 g/mol. The Morgan fingerprint density at radius 1 is 1.35 bits per heavy atom. The summed E-state index contributed by atoms with van der Waals surface area (Å²) in [6.07, 6.45) is 9.01. The van der Waals surface area contributed by atoms with Crippen molar-refractivity contribution in [2.75, 3.05) is 13.7 Å². The molecule has 2 heterocycles. The second kappa shape index (κ2) is 7.86. The minimum Gasteiger partial charge on any atom is -0.495 e. The van der Waals surface area contributed by atoms with E-state index in [1.54, 1.807) is 19.5 Å². The zero-order valence-corrected chi connectivity index (χ0v) is 14.9. The molecule has 1 aromatic heterocycles. The third kappa shape index (κ3) is 4.11. The van der Waals surface area contributed by atoms with E-state index in [1.807, 2.05) is 35.9 Å². The molecule has 136 valence electrons. The average molecular weight is 354 g/mol. The zero-order chi connectivity index (χ0) is 18.5. The van der Waals surface area contributed by atoms with Crippen LogP contribution in [0.3, 0.4) is 0 Å². The molecule has 26 heavy (non-hydrogen) atoms. The number of benzene rings is 1. The summed E-state index contributed by atoms with van der Waals surface area (Å²) in [5.41, 5.74) is 5.23. The highest BCUT2D eigenvalue weighted by atomic mass is 16.5. The van der Waals surface area contributed by atoms with Crippen LogP contribution in [-0.4, -0.2) is 40.0 Å². The second-order valence-corrected chi connectivity index (χ2v) is 6.17. The summed E-state index contributed by atoms with van der Waals surface area (Å²) in [5, 5.41) is 1.39. The normalized spacial score (nSPS) is 14.7. The highest BCUT2D eigenvalue weighted by molar-refractivity contribution is 5.93. The van der Waals surface area contributed by atoms with Crippen molar-refractivity contribution in [1.82, 2.24) is 20.0 Å².